The highest BCUT2D eigenvalue weighted by molar-refractivity contribution is 7.87. The van der Waals surface area contributed by atoms with E-state index >= 15 is 0 Å². The van der Waals surface area contributed by atoms with Crippen molar-refractivity contribution in [1.29, 1.82) is 5.26 Å². The van der Waals surface area contributed by atoms with E-state index in [0.717, 1.165) is 0 Å². The van der Waals surface area contributed by atoms with E-state index in [1.807, 2.05) is 6.07 Å². The Balaban J connectivity index is 1.70. The van der Waals surface area contributed by atoms with Crippen molar-refractivity contribution in [1.82, 2.24) is 0 Å². The molecule has 0 unspecified atom stereocenters. The van der Waals surface area contributed by atoms with Gasteiger partial charge in [0, 0.05) is 18.3 Å². The molecule has 0 saturated carbocycles. The first-order chi connectivity index (χ1) is 15.8. The van der Waals surface area contributed by atoms with Gasteiger partial charge in [0.25, 0.3) is 5.91 Å². The molecule has 0 atom stereocenters. The first kappa shape index (κ1) is 23.2. The molecule has 2 N–H and O–H groups in total. The molecule has 0 saturated heterocycles. The number of para-hydroxylation sites is 1. The Hall–Kier alpha value is -4.42. The lowest BCUT2D eigenvalue weighted by atomic mass is 10.1. The third-order valence-corrected chi connectivity index (χ3v) is 5.52. The van der Waals surface area contributed by atoms with Crippen molar-refractivity contribution >= 4 is 39.4 Å². The Bertz CT molecular complexity index is 1330. The first-order valence-electron chi connectivity index (χ1n) is 9.67. The van der Waals surface area contributed by atoms with Gasteiger partial charge in [-0.15, -0.1) is 0 Å². The molecule has 0 aromatic heterocycles. The molecular formula is C24H19N3O5S. The van der Waals surface area contributed by atoms with Crippen molar-refractivity contribution in [3.05, 3.63) is 90.0 Å². The zero-order chi connectivity index (χ0) is 23.8. The fraction of sp³-hybridized carbons (Fsp3) is 0.0417. The zero-order valence-corrected chi connectivity index (χ0v) is 18.3. The van der Waals surface area contributed by atoms with Crippen LogP contribution in [0, 0.1) is 11.3 Å². The van der Waals surface area contributed by atoms with Crippen molar-refractivity contribution in [2.75, 3.05) is 10.6 Å². The average molecular weight is 461 g/mol. The van der Waals surface area contributed by atoms with E-state index in [9.17, 15) is 23.3 Å². The summed E-state index contributed by atoms with van der Waals surface area (Å²) in [6, 6.07) is 22.0. The van der Waals surface area contributed by atoms with Crippen LogP contribution in [0.5, 0.6) is 5.75 Å². The van der Waals surface area contributed by atoms with Gasteiger partial charge >= 0.3 is 10.1 Å². The minimum absolute atomic E-state index is 0.0605. The summed E-state index contributed by atoms with van der Waals surface area (Å²) in [7, 11) is -4.09. The number of carbonyl (C=O) groups excluding carboxylic acids is 2. The van der Waals surface area contributed by atoms with Crippen molar-refractivity contribution in [3.63, 3.8) is 0 Å². The highest BCUT2D eigenvalue weighted by atomic mass is 32.2. The van der Waals surface area contributed by atoms with Crippen molar-refractivity contribution in [2.24, 2.45) is 0 Å². The lowest BCUT2D eigenvalue weighted by Gasteiger charge is -2.08. The Morgan fingerprint density at radius 3 is 2.06 bits per heavy atom. The second-order valence-corrected chi connectivity index (χ2v) is 8.35. The molecule has 3 aromatic carbocycles. The highest BCUT2D eigenvalue weighted by Crippen LogP contribution is 2.22. The van der Waals surface area contributed by atoms with Gasteiger partial charge in [-0.3, -0.25) is 9.59 Å². The van der Waals surface area contributed by atoms with Gasteiger partial charge in [0.15, 0.2) is 0 Å². The molecule has 0 bridgehead atoms. The van der Waals surface area contributed by atoms with Crippen LogP contribution in [0.1, 0.15) is 12.5 Å². The second kappa shape index (κ2) is 10.3. The number of hydrogen-bond donors (Lipinski definition) is 2. The van der Waals surface area contributed by atoms with E-state index in [2.05, 4.69) is 10.6 Å². The summed E-state index contributed by atoms with van der Waals surface area (Å²) < 4.78 is 30.1. The zero-order valence-electron chi connectivity index (χ0n) is 17.5. The normalized spacial score (nSPS) is 11.2. The molecule has 33 heavy (non-hydrogen) atoms. The maximum Gasteiger partial charge on any atom is 0.339 e. The van der Waals surface area contributed by atoms with Crippen LogP contribution in [0.2, 0.25) is 0 Å². The van der Waals surface area contributed by atoms with Crippen molar-refractivity contribution in [2.45, 2.75) is 11.8 Å². The Labute approximate surface area is 191 Å². The summed E-state index contributed by atoms with van der Waals surface area (Å²) in [5, 5.41) is 14.5. The summed E-state index contributed by atoms with van der Waals surface area (Å²) in [6.45, 7) is 1.35. The molecule has 3 aromatic rings. The molecule has 0 aliphatic carbocycles. The number of nitriles is 1. The monoisotopic (exact) mass is 461 g/mol. The number of amides is 2. The van der Waals surface area contributed by atoms with Gasteiger partial charge in [-0.1, -0.05) is 30.3 Å². The van der Waals surface area contributed by atoms with Crippen LogP contribution in [0.25, 0.3) is 6.08 Å². The molecule has 0 aliphatic rings. The van der Waals surface area contributed by atoms with Crippen molar-refractivity contribution in [3.8, 4) is 11.8 Å². The molecule has 2 amide bonds. The molecule has 166 valence electrons. The van der Waals surface area contributed by atoms with Gasteiger partial charge < -0.3 is 14.8 Å². The van der Waals surface area contributed by atoms with Gasteiger partial charge in [-0.25, -0.2) is 0 Å². The molecule has 0 radical (unpaired) electrons. The van der Waals surface area contributed by atoms with Gasteiger partial charge in [0.2, 0.25) is 5.91 Å². The van der Waals surface area contributed by atoms with Crippen molar-refractivity contribution < 1.29 is 22.2 Å². The third kappa shape index (κ3) is 6.53. The fourth-order valence-corrected chi connectivity index (χ4v) is 3.67. The smallest absolute Gasteiger partial charge is 0.339 e. The molecule has 0 heterocycles. The van der Waals surface area contributed by atoms with Crippen LogP contribution in [0.4, 0.5) is 11.4 Å². The maximum absolute atomic E-state index is 12.5. The van der Waals surface area contributed by atoms with E-state index in [4.69, 9.17) is 4.18 Å². The number of nitrogens with one attached hydrogen (secondary N) is 2. The van der Waals surface area contributed by atoms with Crippen LogP contribution in [-0.4, -0.2) is 20.2 Å². The number of carbonyl (C=O) groups is 2. The van der Waals surface area contributed by atoms with E-state index in [0.29, 0.717) is 16.9 Å². The van der Waals surface area contributed by atoms with Crippen LogP contribution < -0.4 is 14.8 Å². The Kier molecular flexibility index (Phi) is 7.23. The van der Waals surface area contributed by atoms with Crippen LogP contribution in [0.15, 0.2) is 89.3 Å². The number of rotatable bonds is 7. The predicted octanol–water partition coefficient (Wildman–Crippen LogP) is 3.96. The molecule has 0 spiro atoms. The Morgan fingerprint density at radius 1 is 0.879 bits per heavy atom. The van der Waals surface area contributed by atoms with Gasteiger partial charge in [0.1, 0.15) is 22.3 Å². The lowest BCUT2D eigenvalue weighted by Crippen LogP contribution is -2.13. The van der Waals surface area contributed by atoms with E-state index < -0.39 is 16.0 Å². The summed E-state index contributed by atoms with van der Waals surface area (Å²) in [6.07, 6.45) is 1.39. The van der Waals surface area contributed by atoms with Crippen LogP contribution in [0.3, 0.4) is 0 Å². The van der Waals surface area contributed by atoms with Crippen LogP contribution >= 0.6 is 0 Å². The second-order valence-electron chi connectivity index (χ2n) is 6.80. The Morgan fingerprint density at radius 2 is 1.48 bits per heavy atom. The molecule has 3 rings (SSSR count). The summed E-state index contributed by atoms with van der Waals surface area (Å²) >= 11 is 0. The number of benzene rings is 3. The summed E-state index contributed by atoms with van der Waals surface area (Å²) in [5.41, 5.74) is 1.42. The van der Waals surface area contributed by atoms with Gasteiger partial charge in [-0.05, 0) is 60.2 Å². The number of nitrogens with zero attached hydrogens (tertiary/aromatic N) is 1. The third-order valence-electron chi connectivity index (χ3n) is 4.26. The summed E-state index contributed by atoms with van der Waals surface area (Å²) in [5.74, 6) is -0.771. The lowest BCUT2D eigenvalue weighted by molar-refractivity contribution is -0.114. The largest absolute Gasteiger partial charge is 0.379 e. The fourth-order valence-electron chi connectivity index (χ4n) is 2.74. The SMILES string of the molecule is CC(=O)Nc1ccc(S(=O)(=O)Oc2ccc(/C=C(\C#N)C(=O)Nc3ccccc3)cc2)cc1. The van der Waals surface area contributed by atoms with Gasteiger partial charge in [-0.2, -0.15) is 13.7 Å². The first-order valence-corrected chi connectivity index (χ1v) is 11.1. The van der Waals surface area contributed by atoms with E-state index in [1.54, 1.807) is 30.3 Å². The molecule has 8 nitrogen and oxygen atoms in total. The summed E-state index contributed by atoms with van der Waals surface area (Å²) in [4.78, 5) is 23.3. The molecular weight excluding hydrogens is 442 g/mol. The topological polar surface area (TPSA) is 125 Å². The minimum atomic E-state index is -4.09. The standard InChI is InChI=1S/C24H19N3O5S/c1-17(28)26-21-9-13-23(14-10-21)33(30,31)32-22-11-7-18(8-12-22)15-19(16-25)24(29)27-20-5-3-2-4-6-20/h2-15H,1H3,(H,26,28)(H,27,29)/b19-15+. The minimum Gasteiger partial charge on any atom is -0.379 e. The maximum atomic E-state index is 12.5. The number of hydrogen-bond acceptors (Lipinski definition) is 6. The van der Waals surface area contributed by atoms with Gasteiger partial charge in [0.05, 0.1) is 0 Å². The quantitative estimate of drug-likeness (QED) is 0.312. The molecule has 0 aliphatic heterocycles. The molecule has 0 fully saturated rings. The highest BCUT2D eigenvalue weighted by Gasteiger charge is 2.17. The molecule has 9 heteroatoms. The van der Waals surface area contributed by atoms with E-state index in [-0.39, 0.29) is 22.1 Å². The number of anilines is 2. The predicted molar refractivity (Wildman–Crippen MR) is 124 cm³/mol. The van der Waals surface area contributed by atoms with Crippen LogP contribution in [-0.2, 0) is 19.7 Å². The van der Waals surface area contributed by atoms with E-state index in [1.165, 1.54) is 61.5 Å². The average Bonchev–Trinajstić information content (AvgIpc) is 2.79.